The van der Waals surface area contributed by atoms with Crippen LogP contribution >= 0.6 is 7.82 Å². The SMILES string of the molecule is CC/C=C\C/C=C\C/C=C\C/C=C\C/C=C\C/C=C\C/C=C\C/C=C\CCCCC(=O)OC(COC(=O)CCCCCCCCCCCCCCCC/C=C\C/C=C\C/C=C\CCCCCCC)COP(=O)(O)OCC[N+](C)(C)C. The molecule has 0 spiro atoms. The molecule has 456 valence electrons. The minimum Gasteiger partial charge on any atom is -0.462 e. The molecule has 0 amide bonds. The number of phosphoric acid groups is 1. The van der Waals surface area contributed by atoms with E-state index in [1.165, 1.54) is 116 Å². The number of phosphoric ester groups is 1. The largest absolute Gasteiger partial charge is 0.472 e. The van der Waals surface area contributed by atoms with Gasteiger partial charge < -0.3 is 18.9 Å². The van der Waals surface area contributed by atoms with Gasteiger partial charge in [0, 0.05) is 12.8 Å². The fourth-order valence-electron chi connectivity index (χ4n) is 8.27. The van der Waals surface area contributed by atoms with Gasteiger partial charge in [-0.3, -0.25) is 18.6 Å². The number of carbonyl (C=O) groups is 2. The Balaban J connectivity index is 4.22. The summed E-state index contributed by atoms with van der Waals surface area (Å²) in [7, 11) is 1.43. The molecule has 0 rings (SSSR count). The van der Waals surface area contributed by atoms with Crippen molar-refractivity contribution in [2.24, 2.45) is 0 Å². The van der Waals surface area contributed by atoms with Gasteiger partial charge in [0.15, 0.2) is 6.10 Å². The molecule has 0 heterocycles. The first-order valence-corrected chi connectivity index (χ1v) is 33.4. The Morgan fingerprint density at radius 3 is 1.09 bits per heavy atom. The van der Waals surface area contributed by atoms with Crippen LogP contribution in [-0.4, -0.2) is 74.9 Å². The summed E-state index contributed by atoms with van der Waals surface area (Å²) in [4.78, 5) is 35.8. The summed E-state index contributed by atoms with van der Waals surface area (Å²) in [5, 5.41) is 0. The Hall–Kier alpha value is -3.85. The molecule has 10 heteroatoms. The van der Waals surface area contributed by atoms with Crippen molar-refractivity contribution >= 4 is 19.8 Å². The van der Waals surface area contributed by atoms with E-state index >= 15 is 0 Å². The lowest BCUT2D eigenvalue weighted by Crippen LogP contribution is -2.37. The number of hydrogen-bond donors (Lipinski definition) is 1. The van der Waals surface area contributed by atoms with Crippen LogP contribution in [0.4, 0.5) is 0 Å². The predicted molar refractivity (Wildman–Crippen MR) is 344 cm³/mol. The zero-order valence-corrected chi connectivity index (χ0v) is 52.7. The third-order valence-electron chi connectivity index (χ3n) is 13.2. The molecular weight excluding hydrogens is 1010 g/mol. The van der Waals surface area contributed by atoms with Crippen molar-refractivity contribution < 1.29 is 42.1 Å². The Morgan fingerprint density at radius 2 is 0.713 bits per heavy atom. The summed E-state index contributed by atoms with van der Waals surface area (Å²) in [6.45, 7) is 4.25. The Labute approximate surface area is 491 Å². The number of nitrogens with zero attached hydrogens (tertiary/aromatic N) is 1. The second-order valence-electron chi connectivity index (χ2n) is 22.1. The number of quaternary nitrogens is 1. The van der Waals surface area contributed by atoms with Crippen LogP contribution in [0, 0.1) is 0 Å². The van der Waals surface area contributed by atoms with Gasteiger partial charge in [0.2, 0.25) is 0 Å². The summed E-state index contributed by atoms with van der Waals surface area (Å²) in [5.74, 6) is -0.855. The summed E-state index contributed by atoms with van der Waals surface area (Å²) in [6, 6.07) is 0. The highest BCUT2D eigenvalue weighted by molar-refractivity contribution is 7.47. The van der Waals surface area contributed by atoms with Gasteiger partial charge in [-0.15, -0.1) is 0 Å². The molecule has 0 aromatic heterocycles. The predicted octanol–water partition coefficient (Wildman–Crippen LogP) is 20.5. The Bertz CT molecular complexity index is 1810. The zero-order valence-electron chi connectivity index (χ0n) is 51.8. The topological polar surface area (TPSA) is 108 Å². The van der Waals surface area contributed by atoms with Crippen molar-refractivity contribution in [3.63, 3.8) is 0 Å². The van der Waals surface area contributed by atoms with E-state index in [1.54, 1.807) is 0 Å². The van der Waals surface area contributed by atoms with Crippen LogP contribution in [0.2, 0.25) is 0 Å². The second-order valence-corrected chi connectivity index (χ2v) is 23.5. The molecule has 9 nitrogen and oxygen atoms in total. The van der Waals surface area contributed by atoms with Gasteiger partial charge >= 0.3 is 19.8 Å². The molecule has 0 bridgehead atoms. The number of hydrogen-bond acceptors (Lipinski definition) is 7. The average Bonchev–Trinajstić information content (AvgIpc) is 3.42. The maximum Gasteiger partial charge on any atom is 0.472 e. The quantitative estimate of drug-likeness (QED) is 0.0211. The summed E-state index contributed by atoms with van der Waals surface area (Å²) in [6.07, 6.45) is 86.8. The molecule has 0 aromatic carbocycles. The normalized spacial score (nSPS) is 14.1. The number of carbonyl (C=O) groups excluding carboxylic acids is 2. The van der Waals surface area contributed by atoms with Crippen LogP contribution in [0.1, 0.15) is 245 Å². The molecule has 0 saturated carbocycles. The van der Waals surface area contributed by atoms with E-state index in [1.807, 2.05) is 21.1 Å². The van der Waals surface area contributed by atoms with E-state index in [0.29, 0.717) is 17.4 Å². The smallest absolute Gasteiger partial charge is 0.462 e. The summed E-state index contributed by atoms with van der Waals surface area (Å²) in [5.41, 5.74) is 0. The maximum atomic E-state index is 12.8. The van der Waals surface area contributed by atoms with Crippen molar-refractivity contribution in [1.29, 1.82) is 0 Å². The monoisotopic (exact) mass is 1130 g/mol. The highest BCUT2D eigenvalue weighted by Gasteiger charge is 2.27. The first-order chi connectivity index (χ1) is 39.0. The van der Waals surface area contributed by atoms with Crippen LogP contribution in [0.3, 0.4) is 0 Å². The lowest BCUT2D eigenvalue weighted by atomic mass is 10.0. The lowest BCUT2D eigenvalue weighted by molar-refractivity contribution is -0.870. The minimum atomic E-state index is -4.41. The number of rotatable bonds is 57. The van der Waals surface area contributed by atoms with E-state index in [2.05, 4.69) is 148 Å². The molecule has 0 aliphatic heterocycles. The molecule has 2 unspecified atom stereocenters. The number of ether oxygens (including phenoxy) is 2. The van der Waals surface area contributed by atoms with E-state index < -0.39 is 26.5 Å². The first-order valence-electron chi connectivity index (χ1n) is 31.9. The minimum absolute atomic E-state index is 0.0158. The maximum absolute atomic E-state index is 12.8. The molecule has 1 N–H and O–H groups in total. The second kappa shape index (κ2) is 59.8. The van der Waals surface area contributed by atoms with Gasteiger partial charge in [-0.2, -0.15) is 0 Å². The van der Waals surface area contributed by atoms with Gasteiger partial charge in [0.25, 0.3) is 0 Å². The highest BCUT2D eigenvalue weighted by Crippen LogP contribution is 2.43. The third-order valence-corrected chi connectivity index (χ3v) is 14.1. The molecule has 0 fully saturated rings. The number of likely N-dealkylation sites (N-methyl/N-ethyl adjacent to an activating group) is 1. The zero-order chi connectivity index (χ0) is 58.4. The average molecular weight is 1130 g/mol. The molecule has 0 radical (unpaired) electrons. The van der Waals surface area contributed by atoms with Crippen molar-refractivity contribution in [1.82, 2.24) is 0 Å². The molecule has 0 aliphatic carbocycles. The Morgan fingerprint density at radius 1 is 0.400 bits per heavy atom. The van der Waals surface area contributed by atoms with Gasteiger partial charge in [0.05, 0.1) is 27.7 Å². The lowest BCUT2D eigenvalue weighted by Gasteiger charge is -2.24. The van der Waals surface area contributed by atoms with Gasteiger partial charge in [-0.05, 0) is 116 Å². The van der Waals surface area contributed by atoms with Crippen LogP contribution in [0.5, 0.6) is 0 Å². The van der Waals surface area contributed by atoms with E-state index in [4.69, 9.17) is 18.5 Å². The highest BCUT2D eigenvalue weighted by atomic mass is 31.2. The number of allylic oxidation sites excluding steroid dienone is 22. The molecule has 2 atom stereocenters. The van der Waals surface area contributed by atoms with Crippen molar-refractivity contribution in [2.75, 3.05) is 47.5 Å². The molecular formula is C70H119NO8P+. The van der Waals surface area contributed by atoms with Crippen LogP contribution in [-0.2, 0) is 32.7 Å². The summed E-state index contributed by atoms with van der Waals surface area (Å²) < 4.78 is 34.6. The fraction of sp³-hybridized carbons (Fsp3) is 0.657. The standard InChI is InChI=1S/C70H118NO8P/c1-6-8-10-12-14-16-18-20-22-24-26-28-30-32-34-35-37-38-40-42-44-46-48-50-52-54-56-58-60-62-69(72)76-66-68(67-78-80(74,75)77-65-64-71(3,4)5)79-70(73)63-61-59-57-55-53-51-49-47-45-43-41-39-36-33-31-29-27-25-23-21-19-17-15-13-11-9-7-2/h9,11,15,17-18,20-21,23-24,26-27,29-30,32-33,36,41,43,47,49,53,55,68H,6-8,10,12-14,16,19,22,25,28,31,34-35,37-40,42,44-46,48,50-52,54,56-67H2,1-5H3/p+1/b11-9-,17-15-,20-18-,23-21-,26-24-,29-27-,32-30-,36-33-,43-41-,49-47-,55-53-. The van der Waals surface area contributed by atoms with Crippen molar-refractivity contribution in [2.45, 2.75) is 251 Å². The van der Waals surface area contributed by atoms with Crippen LogP contribution in [0.25, 0.3) is 0 Å². The number of esters is 2. The van der Waals surface area contributed by atoms with E-state index in [-0.39, 0.29) is 32.0 Å². The first kappa shape index (κ1) is 76.1. The van der Waals surface area contributed by atoms with Gasteiger partial charge in [-0.1, -0.05) is 250 Å². The summed E-state index contributed by atoms with van der Waals surface area (Å²) >= 11 is 0. The van der Waals surface area contributed by atoms with Gasteiger partial charge in [0.1, 0.15) is 19.8 Å². The van der Waals surface area contributed by atoms with Crippen LogP contribution < -0.4 is 0 Å². The number of unbranched alkanes of at least 4 members (excludes halogenated alkanes) is 21. The van der Waals surface area contributed by atoms with Gasteiger partial charge in [-0.25, -0.2) is 4.57 Å². The van der Waals surface area contributed by atoms with E-state index in [9.17, 15) is 19.0 Å². The van der Waals surface area contributed by atoms with Crippen LogP contribution in [0.15, 0.2) is 134 Å². The van der Waals surface area contributed by atoms with Crippen molar-refractivity contribution in [3.8, 4) is 0 Å². The molecule has 0 aliphatic rings. The Kier molecular flexibility index (Phi) is 56.9. The fourth-order valence-corrected chi connectivity index (χ4v) is 9.01. The van der Waals surface area contributed by atoms with E-state index in [0.717, 1.165) is 96.3 Å². The molecule has 80 heavy (non-hydrogen) atoms. The third kappa shape index (κ3) is 63.3. The molecule has 0 aromatic rings. The van der Waals surface area contributed by atoms with Crippen molar-refractivity contribution in [3.05, 3.63) is 134 Å². The molecule has 0 saturated heterocycles.